The highest BCUT2D eigenvalue weighted by atomic mass is 35.5. The lowest BCUT2D eigenvalue weighted by Crippen LogP contribution is -2.00. The highest BCUT2D eigenvalue weighted by Gasteiger charge is 2.11. The lowest BCUT2D eigenvalue weighted by Gasteiger charge is -2.10. The molecule has 3 nitrogen and oxygen atoms in total. The molecule has 0 aliphatic heterocycles. The Balaban J connectivity index is 2.28. The summed E-state index contributed by atoms with van der Waals surface area (Å²) in [6.45, 7) is 1.99. The maximum absolute atomic E-state index is 13.6. The molecular weight excluding hydrogens is 289 g/mol. The Hall–Kier alpha value is -2.20. The summed E-state index contributed by atoms with van der Waals surface area (Å²) in [7, 11) is 1.80. The van der Waals surface area contributed by atoms with E-state index >= 15 is 0 Å². The first-order valence-corrected chi connectivity index (χ1v) is 6.88. The van der Waals surface area contributed by atoms with Gasteiger partial charge in [-0.3, -0.25) is 0 Å². The zero-order valence-corrected chi connectivity index (χ0v) is 12.4. The number of nitrogens with one attached hydrogen (secondary N) is 1. The molecule has 21 heavy (non-hydrogen) atoms. The Morgan fingerprint density at radius 3 is 2.67 bits per heavy atom. The van der Waals surface area contributed by atoms with Crippen LogP contribution >= 0.6 is 11.6 Å². The van der Waals surface area contributed by atoms with Crippen LogP contribution in [0.5, 0.6) is 0 Å². The quantitative estimate of drug-likeness (QED) is 0.760. The van der Waals surface area contributed by atoms with E-state index in [9.17, 15) is 4.39 Å². The van der Waals surface area contributed by atoms with Gasteiger partial charge in [0.05, 0.1) is 10.5 Å². The number of hydrogen-bond acceptors (Lipinski definition) is 3. The molecule has 0 amide bonds. The van der Waals surface area contributed by atoms with Crippen LogP contribution in [0.4, 0.5) is 10.2 Å². The van der Waals surface area contributed by atoms with Gasteiger partial charge in [-0.2, -0.15) is 0 Å². The van der Waals surface area contributed by atoms with Gasteiger partial charge in [-0.05, 0) is 36.8 Å². The molecule has 0 saturated heterocycles. The molecule has 0 saturated carbocycles. The van der Waals surface area contributed by atoms with Crippen molar-refractivity contribution >= 4 is 28.3 Å². The van der Waals surface area contributed by atoms with Crippen LogP contribution in [-0.4, -0.2) is 17.0 Å². The molecule has 1 aromatic heterocycles. The number of anilines is 1. The Morgan fingerprint density at radius 1 is 1.14 bits per heavy atom. The van der Waals surface area contributed by atoms with Gasteiger partial charge >= 0.3 is 0 Å². The number of para-hydroxylation sites is 1. The van der Waals surface area contributed by atoms with E-state index in [2.05, 4.69) is 15.3 Å². The fraction of sp³-hybridized carbons (Fsp3) is 0.125. The average Bonchev–Trinajstić information content (AvgIpc) is 2.49. The summed E-state index contributed by atoms with van der Waals surface area (Å²) in [5.41, 5.74) is 2.49. The van der Waals surface area contributed by atoms with Gasteiger partial charge in [0.1, 0.15) is 11.6 Å². The van der Waals surface area contributed by atoms with E-state index in [1.807, 2.05) is 25.1 Å². The SMILES string of the molecule is CNc1nc(-c2ccc(Cl)c(F)c2)nc2c(C)cccc12. The van der Waals surface area contributed by atoms with E-state index < -0.39 is 5.82 Å². The molecule has 0 unspecified atom stereocenters. The topological polar surface area (TPSA) is 37.8 Å². The van der Waals surface area contributed by atoms with E-state index in [0.717, 1.165) is 16.5 Å². The van der Waals surface area contributed by atoms with Gasteiger partial charge in [0.25, 0.3) is 0 Å². The van der Waals surface area contributed by atoms with Crippen LogP contribution in [0.2, 0.25) is 5.02 Å². The molecule has 0 atom stereocenters. The normalized spacial score (nSPS) is 10.9. The molecule has 1 N–H and O–H groups in total. The second-order valence-corrected chi connectivity index (χ2v) is 5.15. The third-order valence-corrected chi connectivity index (χ3v) is 3.65. The third kappa shape index (κ3) is 2.43. The van der Waals surface area contributed by atoms with Gasteiger partial charge in [-0.15, -0.1) is 0 Å². The van der Waals surface area contributed by atoms with E-state index in [1.165, 1.54) is 12.1 Å². The maximum Gasteiger partial charge on any atom is 0.162 e. The minimum absolute atomic E-state index is 0.0876. The van der Waals surface area contributed by atoms with Crippen LogP contribution in [-0.2, 0) is 0 Å². The Bertz CT molecular complexity index is 833. The van der Waals surface area contributed by atoms with Gasteiger partial charge in [0, 0.05) is 18.0 Å². The molecule has 0 radical (unpaired) electrons. The molecule has 0 bridgehead atoms. The van der Waals surface area contributed by atoms with Crippen molar-refractivity contribution in [3.8, 4) is 11.4 Å². The maximum atomic E-state index is 13.6. The van der Waals surface area contributed by atoms with E-state index in [-0.39, 0.29) is 5.02 Å². The highest BCUT2D eigenvalue weighted by molar-refractivity contribution is 6.30. The number of halogens is 2. The van der Waals surface area contributed by atoms with Gasteiger partial charge in [0.2, 0.25) is 0 Å². The van der Waals surface area contributed by atoms with Crippen molar-refractivity contribution in [3.05, 3.63) is 52.8 Å². The molecule has 0 aliphatic carbocycles. The molecule has 0 aliphatic rings. The van der Waals surface area contributed by atoms with Crippen LogP contribution in [0.1, 0.15) is 5.56 Å². The summed E-state index contributed by atoms with van der Waals surface area (Å²) >= 11 is 5.72. The summed E-state index contributed by atoms with van der Waals surface area (Å²) in [6, 6.07) is 10.5. The Labute approximate surface area is 126 Å². The molecule has 0 spiro atoms. The summed E-state index contributed by atoms with van der Waals surface area (Å²) in [6.07, 6.45) is 0. The first-order valence-electron chi connectivity index (χ1n) is 6.50. The van der Waals surface area contributed by atoms with Crippen LogP contribution in [0, 0.1) is 12.7 Å². The van der Waals surface area contributed by atoms with Crippen molar-refractivity contribution < 1.29 is 4.39 Å². The van der Waals surface area contributed by atoms with E-state index in [0.29, 0.717) is 17.2 Å². The predicted octanol–water partition coefficient (Wildman–Crippen LogP) is 4.44. The number of hydrogen-bond donors (Lipinski definition) is 1. The zero-order valence-electron chi connectivity index (χ0n) is 11.6. The van der Waals surface area contributed by atoms with Crippen molar-refractivity contribution in [1.29, 1.82) is 0 Å². The van der Waals surface area contributed by atoms with Crippen molar-refractivity contribution in [2.24, 2.45) is 0 Å². The summed E-state index contributed by atoms with van der Waals surface area (Å²) < 4.78 is 13.6. The monoisotopic (exact) mass is 301 g/mol. The van der Waals surface area contributed by atoms with Crippen LogP contribution < -0.4 is 5.32 Å². The number of aryl methyl sites for hydroxylation is 1. The van der Waals surface area contributed by atoms with Crippen molar-refractivity contribution in [2.75, 3.05) is 12.4 Å². The molecular formula is C16H13ClFN3. The van der Waals surface area contributed by atoms with Crippen LogP contribution in [0.3, 0.4) is 0 Å². The number of rotatable bonds is 2. The smallest absolute Gasteiger partial charge is 0.162 e. The molecule has 0 fully saturated rings. The van der Waals surface area contributed by atoms with E-state index in [4.69, 9.17) is 11.6 Å². The first kappa shape index (κ1) is 13.8. The van der Waals surface area contributed by atoms with Crippen LogP contribution in [0.25, 0.3) is 22.3 Å². The standard InChI is InChI=1S/C16H13ClFN3/c1-9-4-3-5-11-14(9)20-15(21-16(11)19-2)10-6-7-12(17)13(18)8-10/h3-8H,1-2H3,(H,19,20,21). The molecule has 106 valence electrons. The minimum atomic E-state index is -0.478. The van der Waals surface area contributed by atoms with Crippen molar-refractivity contribution in [2.45, 2.75) is 6.92 Å². The zero-order chi connectivity index (χ0) is 15.0. The summed E-state index contributed by atoms with van der Waals surface area (Å²) in [5.74, 6) is 0.708. The molecule has 2 aromatic carbocycles. The Kier molecular flexibility index (Phi) is 3.47. The van der Waals surface area contributed by atoms with E-state index in [1.54, 1.807) is 13.1 Å². The predicted molar refractivity (Wildman–Crippen MR) is 84.2 cm³/mol. The number of aromatic nitrogens is 2. The van der Waals surface area contributed by atoms with Gasteiger partial charge < -0.3 is 5.32 Å². The largest absolute Gasteiger partial charge is 0.373 e. The summed E-state index contributed by atoms with van der Waals surface area (Å²) in [5, 5.41) is 4.09. The first-order chi connectivity index (χ1) is 10.1. The molecule has 3 rings (SSSR count). The second-order valence-electron chi connectivity index (χ2n) is 4.75. The van der Waals surface area contributed by atoms with Crippen molar-refractivity contribution in [3.63, 3.8) is 0 Å². The fourth-order valence-electron chi connectivity index (χ4n) is 2.25. The average molecular weight is 302 g/mol. The minimum Gasteiger partial charge on any atom is -0.373 e. The number of benzene rings is 2. The number of nitrogens with zero attached hydrogens (tertiary/aromatic N) is 2. The summed E-state index contributed by atoms with van der Waals surface area (Å²) in [4.78, 5) is 9.03. The highest BCUT2D eigenvalue weighted by Crippen LogP contribution is 2.28. The van der Waals surface area contributed by atoms with Crippen LogP contribution in [0.15, 0.2) is 36.4 Å². The second kappa shape index (κ2) is 5.30. The van der Waals surface area contributed by atoms with Gasteiger partial charge in [-0.1, -0.05) is 23.7 Å². The Morgan fingerprint density at radius 2 is 1.95 bits per heavy atom. The third-order valence-electron chi connectivity index (χ3n) is 3.34. The lowest BCUT2D eigenvalue weighted by atomic mass is 10.1. The fourth-order valence-corrected chi connectivity index (χ4v) is 2.37. The molecule has 1 heterocycles. The van der Waals surface area contributed by atoms with Gasteiger partial charge in [-0.25, -0.2) is 14.4 Å². The lowest BCUT2D eigenvalue weighted by molar-refractivity contribution is 0.628. The van der Waals surface area contributed by atoms with Gasteiger partial charge in [0.15, 0.2) is 5.82 Å². The molecule has 5 heteroatoms. The number of fused-ring (bicyclic) bond motifs is 1. The molecule has 3 aromatic rings. The van der Waals surface area contributed by atoms with Crippen molar-refractivity contribution in [1.82, 2.24) is 9.97 Å².